The number of hydrogen-bond acceptors (Lipinski definition) is 5. The molecule has 1 fully saturated rings. The van der Waals surface area contributed by atoms with Crippen molar-refractivity contribution in [2.24, 2.45) is 0 Å². The van der Waals surface area contributed by atoms with Gasteiger partial charge in [0.15, 0.2) is 0 Å². The van der Waals surface area contributed by atoms with E-state index < -0.39 is 0 Å². The fourth-order valence-corrected chi connectivity index (χ4v) is 2.95. The van der Waals surface area contributed by atoms with Crippen LogP contribution in [-0.4, -0.2) is 46.5 Å². The van der Waals surface area contributed by atoms with Crippen LogP contribution in [-0.2, 0) is 11.3 Å². The zero-order chi connectivity index (χ0) is 16.4. The van der Waals surface area contributed by atoms with Crippen molar-refractivity contribution in [3.63, 3.8) is 0 Å². The molecule has 1 amide bonds. The fourth-order valence-electron chi connectivity index (χ4n) is 2.95. The van der Waals surface area contributed by atoms with Gasteiger partial charge in [0.1, 0.15) is 24.0 Å². The number of aromatic nitrogens is 2. The third-order valence-corrected chi connectivity index (χ3v) is 4.42. The quantitative estimate of drug-likeness (QED) is 0.883. The van der Waals surface area contributed by atoms with Crippen molar-refractivity contribution in [1.82, 2.24) is 19.8 Å². The number of nitrogens with one attached hydrogen (secondary N) is 1. The molecule has 0 bridgehead atoms. The lowest BCUT2D eigenvalue weighted by atomic mass is 10.2. The number of rotatable bonds is 5. The highest BCUT2D eigenvalue weighted by Crippen LogP contribution is 2.18. The Hall–Kier alpha value is -2.15. The lowest BCUT2D eigenvalue weighted by Crippen LogP contribution is -2.37. The van der Waals surface area contributed by atoms with Gasteiger partial charge in [-0.1, -0.05) is 0 Å². The number of hydrogen-bond donors (Lipinski definition) is 1. The minimum Gasteiger partial charge on any atom is -0.443 e. The summed E-state index contributed by atoms with van der Waals surface area (Å²) >= 11 is 0. The second-order valence-electron chi connectivity index (χ2n) is 6.04. The van der Waals surface area contributed by atoms with Gasteiger partial charge in [-0.2, -0.15) is 0 Å². The lowest BCUT2D eigenvalue weighted by molar-refractivity contribution is -0.121. The van der Waals surface area contributed by atoms with Crippen LogP contribution in [0.25, 0.3) is 11.1 Å². The highest BCUT2D eigenvalue weighted by atomic mass is 16.3. The maximum absolute atomic E-state index is 12.5. The summed E-state index contributed by atoms with van der Waals surface area (Å²) in [6.07, 6.45) is 3.84. The van der Waals surface area contributed by atoms with E-state index in [0.29, 0.717) is 23.4 Å². The molecule has 0 radical (unpaired) electrons. The SMILES string of the molecule is Cc1oc2ncn(CC(=O)NCCN3CCCC3)c(=O)c2c1C. The van der Waals surface area contributed by atoms with Gasteiger partial charge in [0.25, 0.3) is 5.56 Å². The molecular weight excluding hydrogens is 296 g/mol. The first-order valence-corrected chi connectivity index (χ1v) is 8.00. The molecule has 1 aliphatic rings. The van der Waals surface area contributed by atoms with E-state index in [-0.39, 0.29) is 18.0 Å². The predicted octanol–water partition coefficient (Wildman–Crippen LogP) is 0.818. The fraction of sp³-hybridized carbons (Fsp3) is 0.562. The minimum atomic E-state index is -0.237. The Morgan fingerprint density at radius 3 is 2.83 bits per heavy atom. The van der Waals surface area contributed by atoms with E-state index in [0.717, 1.165) is 25.2 Å². The topological polar surface area (TPSA) is 80.4 Å². The Bertz CT molecular complexity index is 771. The summed E-state index contributed by atoms with van der Waals surface area (Å²) in [5.74, 6) is 0.503. The number of furan rings is 1. The normalized spacial score (nSPS) is 15.4. The third kappa shape index (κ3) is 3.29. The van der Waals surface area contributed by atoms with Crippen LogP contribution in [0.15, 0.2) is 15.5 Å². The van der Waals surface area contributed by atoms with Crippen LogP contribution in [0.1, 0.15) is 24.2 Å². The van der Waals surface area contributed by atoms with Crippen molar-refractivity contribution in [1.29, 1.82) is 0 Å². The van der Waals surface area contributed by atoms with E-state index in [1.807, 2.05) is 6.92 Å². The van der Waals surface area contributed by atoms with Crippen LogP contribution < -0.4 is 10.9 Å². The summed E-state index contributed by atoms with van der Waals surface area (Å²) in [7, 11) is 0. The first-order valence-electron chi connectivity index (χ1n) is 8.00. The molecule has 124 valence electrons. The molecule has 0 saturated carbocycles. The Morgan fingerprint density at radius 2 is 2.09 bits per heavy atom. The summed E-state index contributed by atoms with van der Waals surface area (Å²) in [5.41, 5.74) is 0.871. The van der Waals surface area contributed by atoms with Crippen LogP contribution in [0.2, 0.25) is 0 Å². The van der Waals surface area contributed by atoms with Crippen LogP contribution in [0.4, 0.5) is 0 Å². The maximum Gasteiger partial charge on any atom is 0.265 e. The van der Waals surface area contributed by atoms with Gasteiger partial charge in [-0.05, 0) is 39.8 Å². The molecule has 2 aromatic heterocycles. The molecule has 1 N–H and O–H groups in total. The van der Waals surface area contributed by atoms with Crippen LogP contribution in [0.5, 0.6) is 0 Å². The number of carbonyl (C=O) groups is 1. The molecule has 2 aromatic rings. The van der Waals surface area contributed by atoms with E-state index in [4.69, 9.17) is 4.42 Å². The largest absolute Gasteiger partial charge is 0.443 e. The molecule has 0 atom stereocenters. The summed E-state index contributed by atoms with van der Waals surface area (Å²) in [4.78, 5) is 30.9. The van der Waals surface area contributed by atoms with Gasteiger partial charge in [-0.15, -0.1) is 0 Å². The third-order valence-electron chi connectivity index (χ3n) is 4.42. The predicted molar refractivity (Wildman–Crippen MR) is 86.4 cm³/mol. The number of amides is 1. The Balaban J connectivity index is 1.64. The van der Waals surface area contributed by atoms with E-state index >= 15 is 0 Å². The highest BCUT2D eigenvalue weighted by molar-refractivity contribution is 5.79. The van der Waals surface area contributed by atoms with Crippen LogP contribution in [0.3, 0.4) is 0 Å². The second-order valence-corrected chi connectivity index (χ2v) is 6.04. The van der Waals surface area contributed by atoms with E-state index in [9.17, 15) is 9.59 Å². The van der Waals surface area contributed by atoms with Crippen molar-refractivity contribution in [2.75, 3.05) is 26.2 Å². The maximum atomic E-state index is 12.5. The second kappa shape index (κ2) is 6.54. The van der Waals surface area contributed by atoms with Crippen molar-refractivity contribution in [3.05, 3.63) is 28.0 Å². The van der Waals surface area contributed by atoms with Crippen LogP contribution in [0, 0.1) is 13.8 Å². The number of nitrogens with zero attached hydrogens (tertiary/aromatic N) is 3. The molecule has 7 nitrogen and oxygen atoms in total. The number of carbonyl (C=O) groups excluding carboxylic acids is 1. The van der Waals surface area contributed by atoms with E-state index in [2.05, 4.69) is 15.2 Å². The summed E-state index contributed by atoms with van der Waals surface area (Å²) in [6, 6.07) is 0. The molecule has 3 rings (SSSR count). The van der Waals surface area contributed by atoms with Gasteiger partial charge in [-0.3, -0.25) is 14.2 Å². The molecular formula is C16H22N4O3. The highest BCUT2D eigenvalue weighted by Gasteiger charge is 2.15. The monoisotopic (exact) mass is 318 g/mol. The molecule has 0 aromatic carbocycles. The summed E-state index contributed by atoms with van der Waals surface area (Å²) in [5, 5.41) is 3.32. The first-order chi connectivity index (χ1) is 11.1. The van der Waals surface area contributed by atoms with Gasteiger partial charge in [-0.25, -0.2) is 4.98 Å². The molecule has 0 aliphatic carbocycles. The standard InChI is InChI=1S/C16H22N4O3/c1-11-12(2)23-15-14(11)16(22)20(10-18-15)9-13(21)17-5-8-19-6-3-4-7-19/h10H,3-9H2,1-2H3,(H,17,21). The van der Waals surface area contributed by atoms with Gasteiger partial charge >= 0.3 is 0 Å². The molecule has 3 heterocycles. The molecule has 23 heavy (non-hydrogen) atoms. The Kier molecular flexibility index (Phi) is 4.47. The van der Waals surface area contributed by atoms with Crippen molar-refractivity contribution in [2.45, 2.75) is 33.2 Å². The van der Waals surface area contributed by atoms with Crippen molar-refractivity contribution in [3.8, 4) is 0 Å². The zero-order valence-electron chi connectivity index (χ0n) is 13.6. The molecule has 7 heteroatoms. The molecule has 1 aliphatic heterocycles. The van der Waals surface area contributed by atoms with Crippen molar-refractivity contribution >= 4 is 17.0 Å². The molecule has 1 saturated heterocycles. The van der Waals surface area contributed by atoms with Crippen molar-refractivity contribution < 1.29 is 9.21 Å². The number of fused-ring (bicyclic) bond motifs is 1. The van der Waals surface area contributed by atoms with Gasteiger partial charge < -0.3 is 14.6 Å². The summed E-state index contributed by atoms with van der Waals surface area (Å²) < 4.78 is 6.76. The van der Waals surface area contributed by atoms with Crippen LogP contribution >= 0.6 is 0 Å². The minimum absolute atomic E-state index is 0.0224. The van der Waals surface area contributed by atoms with Gasteiger partial charge in [0, 0.05) is 18.7 Å². The van der Waals surface area contributed by atoms with Gasteiger partial charge in [0.05, 0.1) is 0 Å². The number of aryl methyl sites for hydroxylation is 2. The molecule has 0 unspecified atom stereocenters. The number of likely N-dealkylation sites (tertiary alicyclic amines) is 1. The first kappa shape index (κ1) is 15.7. The average molecular weight is 318 g/mol. The summed E-state index contributed by atoms with van der Waals surface area (Å²) in [6.45, 7) is 7.27. The Morgan fingerprint density at radius 1 is 1.35 bits per heavy atom. The Labute approximate surface area is 134 Å². The van der Waals surface area contributed by atoms with Gasteiger partial charge in [0.2, 0.25) is 11.6 Å². The van der Waals surface area contributed by atoms with E-state index in [1.165, 1.54) is 23.7 Å². The average Bonchev–Trinajstić information content (AvgIpc) is 3.12. The zero-order valence-corrected chi connectivity index (χ0v) is 13.6. The van der Waals surface area contributed by atoms with E-state index in [1.54, 1.807) is 6.92 Å². The smallest absolute Gasteiger partial charge is 0.265 e. The molecule has 0 spiro atoms. The lowest BCUT2D eigenvalue weighted by Gasteiger charge is -2.14.